The Labute approximate surface area is 154 Å². The minimum Gasteiger partial charge on any atom is -0.103 e. The Morgan fingerprint density at radius 1 is 0.708 bits per heavy atom. The van der Waals surface area contributed by atoms with Crippen LogP contribution in [0.4, 0.5) is 0 Å². The van der Waals surface area contributed by atoms with Crippen molar-refractivity contribution in [3.63, 3.8) is 0 Å². The van der Waals surface area contributed by atoms with Gasteiger partial charge < -0.3 is 0 Å². The zero-order valence-corrected chi connectivity index (χ0v) is 15.4. The van der Waals surface area contributed by atoms with E-state index in [0.717, 1.165) is 16.7 Å². The van der Waals surface area contributed by atoms with Crippen LogP contribution in [0.2, 0.25) is 5.02 Å². The first-order valence-corrected chi connectivity index (χ1v) is 8.89. The molecule has 0 aliphatic carbocycles. The maximum absolute atomic E-state index is 7.27. The summed E-state index contributed by atoms with van der Waals surface area (Å²) in [5.74, 6) is 0.487. The van der Waals surface area contributed by atoms with Gasteiger partial charge in [0.1, 0.15) is 4.87 Å². The molecule has 0 amide bonds. The van der Waals surface area contributed by atoms with Crippen molar-refractivity contribution in [3.8, 4) is 0 Å². The molecule has 0 aliphatic heterocycles. The fourth-order valence-electron chi connectivity index (χ4n) is 2.98. The van der Waals surface area contributed by atoms with Gasteiger partial charge in [0, 0.05) is 10.6 Å². The lowest BCUT2D eigenvalue weighted by atomic mass is 9.83. The van der Waals surface area contributed by atoms with Crippen LogP contribution in [0, 0.1) is 0 Å². The molecule has 2 heteroatoms. The Kier molecular flexibility index (Phi) is 4.99. The van der Waals surface area contributed by atoms with Crippen molar-refractivity contribution < 1.29 is 0 Å². The molecule has 3 aromatic rings. The first kappa shape index (κ1) is 17.1. The van der Waals surface area contributed by atoms with Crippen molar-refractivity contribution in [2.75, 3.05) is 0 Å². The van der Waals surface area contributed by atoms with E-state index in [0.29, 0.717) is 10.9 Å². The van der Waals surface area contributed by atoms with Crippen molar-refractivity contribution in [1.82, 2.24) is 0 Å². The van der Waals surface area contributed by atoms with Gasteiger partial charge in [0.2, 0.25) is 0 Å². The summed E-state index contributed by atoms with van der Waals surface area (Å²) in [6.07, 6.45) is 0. The quantitative estimate of drug-likeness (QED) is 0.349. The summed E-state index contributed by atoms with van der Waals surface area (Å²) in [4.78, 5) is -0.810. The van der Waals surface area contributed by atoms with E-state index in [-0.39, 0.29) is 0 Å². The lowest BCUT2D eigenvalue weighted by Gasteiger charge is -2.30. The third-order valence-corrected chi connectivity index (χ3v) is 5.36. The Hall–Kier alpha value is -1.76. The smallest absolute Gasteiger partial charge is 0.103 e. The molecule has 3 rings (SSSR count). The molecule has 0 saturated heterocycles. The van der Waals surface area contributed by atoms with Gasteiger partial charge in [-0.3, -0.25) is 0 Å². The minimum absolute atomic E-state index is 0.487. The number of rotatable bonds is 4. The molecule has 122 valence electrons. The van der Waals surface area contributed by atoms with Crippen LogP contribution in [0.15, 0.2) is 78.9 Å². The normalized spacial score (nSPS) is 13.7. The molecule has 0 nitrogen and oxygen atoms in total. The Morgan fingerprint density at radius 3 is 1.83 bits per heavy atom. The Balaban J connectivity index is 2.21. The number of benzene rings is 3. The summed E-state index contributed by atoms with van der Waals surface area (Å²) in [7, 11) is 0. The van der Waals surface area contributed by atoms with Gasteiger partial charge in [-0.25, -0.2) is 0 Å². The van der Waals surface area contributed by atoms with E-state index in [1.165, 1.54) is 5.56 Å². The fourth-order valence-corrected chi connectivity index (χ4v) is 3.73. The summed E-state index contributed by atoms with van der Waals surface area (Å²) in [6.45, 7) is 4.38. The largest absolute Gasteiger partial charge is 0.121 e. The number of halogens is 2. The Bertz CT molecular complexity index is 807. The minimum atomic E-state index is -0.810. The van der Waals surface area contributed by atoms with Crippen LogP contribution in [0.3, 0.4) is 0 Å². The highest BCUT2D eigenvalue weighted by atomic mass is 35.5. The van der Waals surface area contributed by atoms with E-state index in [1.54, 1.807) is 0 Å². The fraction of sp³-hybridized carbons (Fsp3) is 0.182. The van der Waals surface area contributed by atoms with Crippen LogP contribution >= 0.6 is 23.2 Å². The van der Waals surface area contributed by atoms with Gasteiger partial charge in [0.25, 0.3) is 0 Å². The second kappa shape index (κ2) is 7.01. The number of alkyl halides is 1. The van der Waals surface area contributed by atoms with Gasteiger partial charge in [-0.05, 0) is 28.7 Å². The lowest BCUT2D eigenvalue weighted by Crippen LogP contribution is -2.22. The summed E-state index contributed by atoms with van der Waals surface area (Å²) in [5.41, 5.74) is 4.23. The van der Waals surface area contributed by atoms with E-state index in [4.69, 9.17) is 23.2 Å². The highest BCUT2D eigenvalue weighted by molar-refractivity contribution is 6.34. The van der Waals surface area contributed by atoms with Crippen LogP contribution in [-0.4, -0.2) is 0 Å². The molecular weight excluding hydrogens is 335 g/mol. The van der Waals surface area contributed by atoms with Crippen LogP contribution in [0.25, 0.3) is 0 Å². The molecule has 0 heterocycles. The molecule has 24 heavy (non-hydrogen) atoms. The predicted octanol–water partition coefficient (Wildman–Crippen LogP) is 6.99. The molecule has 0 aromatic heterocycles. The summed E-state index contributed by atoms with van der Waals surface area (Å²) < 4.78 is 0. The van der Waals surface area contributed by atoms with Crippen molar-refractivity contribution in [1.29, 1.82) is 0 Å². The maximum Gasteiger partial charge on any atom is 0.121 e. The standard InChI is InChI=1S/C22H20Cl2/c1-16(2)17-12-14-19(15-13-17)22(24,18-8-4-3-5-9-18)20-10-6-7-11-21(20)23/h3-16H,1-2H3. The molecular formula is C22H20Cl2. The average molecular weight is 355 g/mol. The van der Waals surface area contributed by atoms with Crippen molar-refractivity contribution in [2.45, 2.75) is 24.6 Å². The van der Waals surface area contributed by atoms with E-state index >= 15 is 0 Å². The zero-order valence-electron chi connectivity index (χ0n) is 13.8. The SMILES string of the molecule is CC(C)c1ccc(C(Cl)(c2ccccc2)c2ccccc2Cl)cc1. The highest BCUT2D eigenvalue weighted by Gasteiger charge is 2.35. The average Bonchev–Trinajstić information content (AvgIpc) is 2.62. The maximum atomic E-state index is 7.27. The molecule has 3 aromatic carbocycles. The molecule has 0 saturated carbocycles. The van der Waals surface area contributed by atoms with Crippen molar-refractivity contribution >= 4 is 23.2 Å². The van der Waals surface area contributed by atoms with E-state index in [2.05, 4.69) is 38.1 Å². The molecule has 0 spiro atoms. The monoisotopic (exact) mass is 354 g/mol. The molecule has 0 N–H and O–H groups in total. The van der Waals surface area contributed by atoms with Gasteiger partial charge in [0.15, 0.2) is 0 Å². The van der Waals surface area contributed by atoms with Crippen LogP contribution < -0.4 is 0 Å². The summed E-state index contributed by atoms with van der Waals surface area (Å²) >= 11 is 13.8. The summed E-state index contributed by atoms with van der Waals surface area (Å²) in [5, 5.41) is 0.671. The molecule has 1 atom stereocenters. The summed E-state index contributed by atoms with van der Waals surface area (Å²) in [6, 6.07) is 26.4. The molecule has 1 unspecified atom stereocenters. The second-order valence-corrected chi connectivity index (χ2v) is 7.26. The molecule has 0 bridgehead atoms. The lowest BCUT2D eigenvalue weighted by molar-refractivity contribution is 0.850. The first-order valence-electron chi connectivity index (χ1n) is 8.13. The van der Waals surface area contributed by atoms with Gasteiger partial charge in [0.05, 0.1) is 0 Å². The highest BCUT2D eigenvalue weighted by Crippen LogP contribution is 2.45. The molecule has 0 aliphatic rings. The topological polar surface area (TPSA) is 0 Å². The van der Waals surface area contributed by atoms with E-state index in [1.807, 2.05) is 54.6 Å². The molecule has 0 radical (unpaired) electrons. The van der Waals surface area contributed by atoms with Crippen molar-refractivity contribution in [2.24, 2.45) is 0 Å². The number of hydrogen-bond donors (Lipinski definition) is 0. The van der Waals surface area contributed by atoms with Gasteiger partial charge in [-0.15, -0.1) is 11.6 Å². The Morgan fingerprint density at radius 2 is 1.25 bits per heavy atom. The van der Waals surface area contributed by atoms with Crippen LogP contribution in [0.1, 0.15) is 42.0 Å². The van der Waals surface area contributed by atoms with Crippen molar-refractivity contribution in [3.05, 3.63) is 106 Å². The number of hydrogen-bond acceptors (Lipinski definition) is 0. The third kappa shape index (κ3) is 3.09. The van der Waals surface area contributed by atoms with E-state index in [9.17, 15) is 0 Å². The third-order valence-electron chi connectivity index (χ3n) is 4.39. The molecule has 0 fully saturated rings. The van der Waals surface area contributed by atoms with Gasteiger partial charge >= 0.3 is 0 Å². The van der Waals surface area contributed by atoms with Gasteiger partial charge in [-0.1, -0.05) is 98.2 Å². The van der Waals surface area contributed by atoms with E-state index < -0.39 is 4.87 Å². The van der Waals surface area contributed by atoms with Gasteiger partial charge in [-0.2, -0.15) is 0 Å². The second-order valence-electron chi connectivity index (χ2n) is 6.28. The van der Waals surface area contributed by atoms with Crippen LogP contribution in [-0.2, 0) is 4.87 Å². The van der Waals surface area contributed by atoms with Crippen LogP contribution in [0.5, 0.6) is 0 Å². The predicted molar refractivity (Wildman–Crippen MR) is 104 cm³/mol. The zero-order chi connectivity index (χ0) is 17.2. The first-order chi connectivity index (χ1) is 11.5.